The Morgan fingerprint density at radius 1 is 1.40 bits per heavy atom. The molecule has 0 fully saturated rings. The van der Waals surface area contributed by atoms with Crippen LogP contribution in [0.25, 0.3) is 0 Å². The second-order valence-corrected chi connectivity index (χ2v) is 4.02. The molecule has 0 aliphatic rings. The molecule has 1 atom stereocenters. The number of carbonyl (C=O) groups excluding carboxylic acids is 1. The fourth-order valence-corrected chi connectivity index (χ4v) is 1.69. The molecule has 2 nitrogen and oxygen atoms in total. The molecule has 0 aliphatic heterocycles. The van der Waals surface area contributed by atoms with E-state index in [0.29, 0.717) is 5.56 Å². The molecule has 0 saturated heterocycles. The van der Waals surface area contributed by atoms with E-state index in [-0.39, 0.29) is 18.3 Å². The first-order chi connectivity index (χ1) is 7.16. The minimum absolute atomic E-state index is 0.0524. The van der Waals surface area contributed by atoms with Crippen molar-refractivity contribution in [2.75, 3.05) is 0 Å². The number of carbonyl (C=O) groups is 1. The molecule has 15 heavy (non-hydrogen) atoms. The third-order valence-electron chi connectivity index (χ3n) is 2.72. The molecular formula is C12H18BNO. The summed E-state index contributed by atoms with van der Waals surface area (Å²) in [4.78, 5) is 11.9. The van der Waals surface area contributed by atoms with E-state index in [1.165, 1.54) is 0 Å². The van der Waals surface area contributed by atoms with E-state index >= 15 is 0 Å². The molecule has 0 aliphatic carbocycles. The van der Waals surface area contributed by atoms with Crippen LogP contribution in [0.5, 0.6) is 0 Å². The predicted octanol–water partition coefficient (Wildman–Crippen LogP) is 2.55. The smallest absolute Gasteiger partial charge is 0.307 e. The third kappa shape index (κ3) is 3.20. The van der Waals surface area contributed by atoms with Gasteiger partial charge in [-0.25, -0.2) is 0 Å². The van der Waals surface area contributed by atoms with Gasteiger partial charge in [0.15, 0.2) is 0 Å². The van der Waals surface area contributed by atoms with Crippen LogP contribution in [0.2, 0.25) is 5.82 Å². The van der Waals surface area contributed by atoms with E-state index in [1.54, 1.807) is 0 Å². The lowest BCUT2D eigenvalue weighted by atomic mass is 9.48. The molecule has 3 heteroatoms. The van der Waals surface area contributed by atoms with E-state index in [9.17, 15) is 4.79 Å². The summed E-state index contributed by atoms with van der Waals surface area (Å²) in [5.74, 6) is 0.253. The molecule has 80 valence electrons. The average Bonchev–Trinajstić information content (AvgIpc) is 2.28. The summed E-state index contributed by atoms with van der Waals surface area (Å²) < 4.78 is 0. The molecule has 1 aromatic rings. The van der Waals surface area contributed by atoms with Crippen LogP contribution in [0.1, 0.15) is 37.0 Å². The fraction of sp³-hybridized carbons (Fsp3) is 0.417. The topological polar surface area (TPSA) is 43.1 Å². The van der Waals surface area contributed by atoms with Crippen molar-refractivity contribution in [3.8, 4) is 0 Å². The Hall–Kier alpha value is -1.09. The Kier molecular flexibility index (Phi) is 4.57. The van der Waals surface area contributed by atoms with Gasteiger partial charge >= 0.3 is 6.85 Å². The third-order valence-corrected chi connectivity index (χ3v) is 2.72. The Bertz CT molecular complexity index is 313. The lowest BCUT2D eigenvalue weighted by Crippen LogP contribution is -2.40. The maximum Gasteiger partial charge on any atom is 0.307 e. The summed E-state index contributed by atoms with van der Waals surface area (Å²) in [7, 11) is 0. The van der Waals surface area contributed by atoms with Gasteiger partial charge in [0.2, 0.25) is 0 Å². The van der Waals surface area contributed by atoms with Crippen LogP contribution < -0.4 is 5.64 Å². The predicted molar refractivity (Wildman–Crippen MR) is 65.0 cm³/mol. The fourth-order valence-electron chi connectivity index (χ4n) is 1.69. The second-order valence-electron chi connectivity index (χ2n) is 4.02. The molecular weight excluding hydrogens is 185 g/mol. The summed E-state index contributed by atoms with van der Waals surface area (Å²) in [5.41, 5.74) is 6.70. The van der Waals surface area contributed by atoms with Crippen molar-refractivity contribution in [1.82, 2.24) is 0 Å². The zero-order chi connectivity index (χ0) is 11.3. The van der Waals surface area contributed by atoms with Crippen molar-refractivity contribution < 1.29 is 4.79 Å². The summed E-state index contributed by atoms with van der Waals surface area (Å²) in [6, 6.07) is 9.27. The maximum absolute atomic E-state index is 11.9. The Morgan fingerprint density at radius 3 is 2.53 bits per heavy atom. The van der Waals surface area contributed by atoms with Gasteiger partial charge in [0, 0.05) is 5.56 Å². The van der Waals surface area contributed by atoms with Crippen LogP contribution in [0.4, 0.5) is 0 Å². The van der Waals surface area contributed by atoms with Crippen LogP contribution >= 0.6 is 0 Å². The molecule has 1 aromatic carbocycles. The van der Waals surface area contributed by atoms with Crippen molar-refractivity contribution in [3.05, 3.63) is 35.9 Å². The molecule has 0 bridgehead atoms. The van der Waals surface area contributed by atoms with Crippen molar-refractivity contribution in [1.29, 1.82) is 0 Å². The number of hydrogen-bond donors (Lipinski definition) is 1. The largest absolute Gasteiger partial charge is 0.363 e. The van der Waals surface area contributed by atoms with Crippen molar-refractivity contribution in [3.63, 3.8) is 0 Å². The summed E-state index contributed by atoms with van der Waals surface area (Å²) in [5, 5.41) is 0. The van der Waals surface area contributed by atoms with Crippen molar-refractivity contribution in [2.24, 2.45) is 5.64 Å². The molecule has 0 radical (unpaired) electrons. The minimum Gasteiger partial charge on any atom is -0.363 e. The van der Waals surface area contributed by atoms with Gasteiger partial charge in [-0.05, 0) is 5.82 Å². The van der Waals surface area contributed by atoms with Gasteiger partial charge < -0.3 is 10.4 Å². The highest BCUT2D eigenvalue weighted by Crippen LogP contribution is 2.16. The molecule has 0 aromatic heterocycles. The zero-order valence-corrected chi connectivity index (χ0v) is 9.44. The first kappa shape index (κ1) is 12.0. The van der Waals surface area contributed by atoms with Crippen LogP contribution in [0.15, 0.2) is 30.3 Å². The van der Waals surface area contributed by atoms with Crippen molar-refractivity contribution >= 4 is 12.5 Å². The first-order valence-corrected chi connectivity index (χ1v) is 5.51. The van der Waals surface area contributed by atoms with Crippen LogP contribution in [0, 0.1) is 0 Å². The van der Waals surface area contributed by atoms with Gasteiger partial charge in [-0.15, -0.1) is 0 Å². The maximum atomic E-state index is 11.9. The van der Waals surface area contributed by atoms with Gasteiger partial charge in [0.05, 0.1) is 0 Å². The van der Waals surface area contributed by atoms with Gasteiger partial charge in [-0.3, -0.25) is 0 Å². The van der Waals surface area contributed by atoms with Gasteiger partial charge in [0.25, 0.3) is 0 Å². The van der Waals surface area contributed by atoms with E-state index in [1.807, 2.05) is 37.3 Å². The molecule has 2 N–H and O–H groups in total. The standard InChI is InChI=1S/C12H18BNO/c1-3-7-10(2)13(14)12(15)11-8-5-4-6-9-11/h4-6,8-10H,3,7,14H2,1-2H3. The van der Waals surface area contributed by atoms with Crippen LogP contribution in [0.3, 0.4) is 0 Å². The Labute approximate surface area is 92.0 Å². The number of nitrogens with two attached hydrogens (primary N) is 1. The highest BCUT2D eigenvalue weighted by atomic mass is 16.1. The lowest BCUT2D eigenvalue weighted by molar-refractivity contribution is 0.107. The quantitative estimate of drug-likeness (QED) is 0.747. The molecule has 0 saturated carbocycles. The SMILES string of the molecule is CCCC(C)B(N)C(=O)c1ccccc1. The van der Waals surface area contributed by atoms with Crippen LogP contribution in [-0.2, 0) is 0 Å². The minimum atomic E-state index is -0.368. The highest BCUT2D eigenvalue weighted by Gasteiger charge is 2.26. The van der Waals surface area contributed by atoms with E-state index in [0.717, 1.165) is 12.8 Å². The molecule has 1 rings (SSSR count). The van der Waals surface area contributed by atoms with Gasteiger partial charge in [-0.1, -0.05) is 57.0 Å². The van der Waals surface area contributed by atoms with E-state index in [4.69, 9.17) is 5.64 Å². The van der Waals surface area contributed by atoms with Gasteiger partial charge in [-0.2, -0.15) is 0 Å². The van der Waals surface area contributed by atoms with Gasteiger partial charge in [0.1, 0.15) is 5.68 Å². The summed E-state index contributed by atoms with van der Waals surface area (Å²) in [6.07, 6.45) is 2.07. The summed E-state index contributed by atoms with van der Waals surface area (Å²) in [6.45, 7) is 3.78. The normalized spacial score (nSPS) is 12.2. The Morgan fingerprint density at radius 2 is 2.00 bits per heavy atom. The molecule has 0 spiro atoms. The second kappa shape index (κ2) is 5.71. The number of hydrogen-bond acceptors (Lipinski definition) is 2. The average molecular weight is 203 g/mol. The number of rotatable bonds is 5. The summed E-state index contributed by atoms with van der Waals surface area (Å²) >= 11 is 0. The molecule has 1 unspecified atom stereocenters. The first-order valence-electron chi connectivity index (χ1n) is 5.51. The van der Waals surface area contributed by atoms with Crippen molar-refractivity contribution in [2.45, 2.75) is 32.5 Å². The van der Waals surface area contributed by atoms with E-state index in [2.05, 4.69) is 6.92 Å². The highest BCUT2D eigenvalue weighted by molar-refractivity contribution is 6.91. The zero-order valence-electron chi connectivity index (χ0n) is 9.44. The lowest BCUT2D eigenvalue weighted by Gasteiger charge is -2.14. The monoisotopic (exact) mass is 203 g/mol. The van der Waals surface area contributed by atoms with Crippen LogP contribution in [-0.4, -0.2) is 12.5 Å². The molecule has 0 amide bonds. The molecule has 0 heterocycles. The Balaban J connectivity index is 2.69. The number of benzene rings is 1. The van der Waals surface area contributed by atoms with E-state index < -0.39 is 0 Å².